The SMILES string of the molecule is CN1CCC(COc2coc(CN3Cc4ccccc4C3)cc2=O)CC1. The summed E-state index contributed by atoms with van der Waals surface area (Å²) in [6.45, 7) is 5.22. The summed E-state index contributed by atoms with van der Waals surface area (Å²) in [4.78, 5) is 17.0. The molecule has 0 N–H and O–H groups in total. The number of likely N-dealkylation sites (tertiary alicyclic amines) is 1. The maximum atomic E-state index is 12.3. The summed E-state index contributed by atoms with van der Waals surface area (Å²) in [6.07, 6.45) is 3.72. The smallest absolute Gasteiger partial charge is 0.227 e. The van der Waals surface area contributed by atoms with Crippen molar-refractivity contribution in [2.24, 2.45) is 5.92 Å². The molecule has 0 amide bonds. The van der Waals surface area contributed by atoms with Crippen molar-refractivity contribution in [3.8, 4) is 5.75 Å². The summed E-state index contributed by atoms with van der Waals surface area (Å²) in [5.74, 6) is 1.54. The fraction of sp³-hybridized carbons (Fsp3) is 0.476. The Hall–Kier alpha value is -2.11. The molecule has 3 heterocycles. The number of piperidine rings is 1. The van der Waals surface area contributed by atoms with E-state index in [1.807, 2.05) is 0 Å². The zero-order valence-electron chi connectivity index (χ0n) is 15.3. The van der Waals surface area contributed by atoms with Gasteiger partial charge >= 0.3 is 0 Å². The first-order chi connectivity index (χ1) is 12.7. The molecule has 0 radical (unpaired) electrons. The molecule has 1 saturated heterocycles. The third-order valence-electron chi connectivity index (χ3n) is 5.45. The molecule has 0 bridgehead atoms. The van der Waals surface area contributed by atoms with Gasteiger partial charge in [-0.3, -0.25) is 9.69 Å². The van der Waals surface area contributed by atoms with Gasteiger partial charge in [-0.2, -0.15) is 0 Å². The lowest BCUT2D eigenvalue weighted by molar-refractivity contribution is 0.156. The minimum atomic E-state index is -0.0871. The van der Waals surface area contributed by atoms with Gasteiger partial charge in [-0.1, -0.05) is 24.3 Å². The van der Waals surface area contributed by atoms with Gasteiger partial charge in [0.2, 0.25) is 11.2 Å². The van der Waals surface area contributed by atoms with E-state index < -0.39 is 0 Å². The number of hydrogen-bond acceptors (Lipinski definition) is 5. The lowest BCUT2D eigenvalue weighted by Gasteiger charge is -2.28. The van der Waals surface area contributed by atoms with Crippen molar-refractivity contribution in [1.82, 2.24) is 9.80 Å². The summed E-state index contributed by atoms with van der Waals surface area (Å²) in [5.41, 5.74) is 2.62. The molecule has 0 saturated carbocycles. The third kappa shape index (κ3) is 4.00. The second-order valence-electron chi connectivity index (χ2n) is 7.55. The van der Waals surface area contributed by atoms with Crippen LogP contribution in [-0.4, -0.2) is 36.5 Å². The molecule has 5 heteroatoms. The summed E-state index contributed by atoms with van der Waals surface area (Å²) >= 11 is 0. The predicted octanol–water partition coefficient (Wildman–Crippen LogP) is 2.88. The van der Waals surface area contributed by atoms with Crippen LogP contribution in [0.3, 0.4) is 0 Å². The molecule has 0 unspecified atom stereocenters. The van der Waals surface area contributed by atoms with E-state index >= 15 is 0 Å². The van der Waals surface area contributed by atoms with Crippen LogP contribution < -0.4 is 10.2 Å². The van der Waals surface area contributed by atoms with Gasteiger partial charge in [0.1, 0.15) is 12.0 Å². The highest BCUT2D eigenvalue weighted by Gasteiger charge is 2.20. The minimum absolute atomic E-state index is 0.0871. The second kappa shape index (κ2) is 7.64. The predicted molar refractivity (Wildman–Crippen MR) is 100 cm³/mol. The normalized spacial score (nSPS) is 18.8. The fourth-order valence-electron chi connectivity index (χ4n) is 3.80. The van der Waals surface area contributed by atoms with Crippen molar-refractivity contribution in [2.45, 2.75) is 32.5 Å². The van der Waals surface area contributed by atoms with Gasteiger partial charge in [0.15, 0.2) is 0 Å². The number of rotatable bonds is 5. The molecule has 2 aliphatic rings. The molecular formula is C21H26N2O3. The van der Waals surface area contributed by atoms with Crippen molar-refractivity contribution >= 4 is 0 Å². The van der Waals surface area contributed by atoms with E-state index in [-0.39, 0.29) is 5.43 Å². The zero-order valence-corrected chi connectivity index (χ0v) is 15.3. The van der Waals surface area contributed by atoms with Crippen LogP contribution in [0.4, 0.5) is 0 Å². The van der Waals surface area contributed by atoms with Crippen molar-refractivity contribution in [1.29, 1.82) is 0 Å². The first-order valence-electron chi connectivity index (χ1n) is 9.39. The quantitative estimate of drug-likeness (QED) is 0.826. The maximum absolute atomic E-state index is 12.3. The number of benzene rings is 1. The van der Waals surface area contributed by atoms with Gasteiger partial charge < -0.3 is 14.1 Å². The van der Waals surface area contributed by atoms with E-state index in [4.69, 9.17) is 9.15 Å². The summed E-state index contributed by atoms with van der Waals surface area (Å²) in [6, 6.07) is 10.0. The highest BCUT2D eigenvalue weighted by atomic mass is 16.5. The molecule has 0 aliphatic carbocycles. The Bertz CT molecular complexity index is 784. The highest BCUT2D eigenvalue weighted by molar-refractivity contribution is 5.30. The van der Waals surface area contributed by atoms with Crippen LogP contribution in [0.1, 0.15) is 29.7 Å². The number of ether oxygens (including phenoxy) is 1. The summed E-state index contributed by atoms with van der Waals surface area (Å²) < 4.78 is 11.4. The van der Waals surface area contributed by atoms with Gasteiger partial charge in [0, 0.05) is 19.2 Å². The van der Waals surface area contributed by atoms with E-state index in [2.05, 4.69) is 41.1 Å². The Balaban J connectivity index is 1.32. The molecule has 5 nitrogen and oxygen atoms in total. The third-order valence-corrected chi connectivity index (χ3v) is 5.45. The van der Waals surface area contributed by atoms with E-state index in [0.29, 0.717) is 30.6 Å². The van der Waals surface area contributed by atoms with Crippen molar-refractivity contribution < 1.29 is 9.15 Å². The van der Waals surface area contributed by atoms with Gasteiger partial charge in [-0.15, -0.1) is 0 Å². The van der Waals surface area contributed by atoms with Crippen LogP contribution in [0.5, 0.6) is 5.75 Å². The van der Waals surface area contributed by atoms with Gasteiger partial charge in [-0.05, 0) is 50.0 Å². The molecular weight excluding hydrogens is 328 g/mol. The van der Waals surface area contributed by atoms with Crippen molar-refractivity contribution in [3.63, 3.8) is 0 Å². The number of nitrogens with zero attached hydrogens (tertiary/aromatic N) is 2. The lowest BCUT2D eigenvalue weighted by atomic mass is 9.98. The Morgan fingerprint density at radius 1 is 1.15 bits per heavy atom. The topological polar surface area (TPSA) is 45.9 Å². The average molecular weight is 354 g/mol. The van der Waals surface area contributed by atoms with Gasteiger partial charge in [-0.25, -0.2) is 0 Å². The van der Waals surface area contributed by atoms with Crippen LogP contribution in [0.2, 0.25) is 0 Å². The Kier molecular flexibility index (Phi) is 5.09. The van der Waals surface area contributed by atoms with E-state index in [9.17, 15) is 4.79 Å². The monoisotopic (exact) mass is 354 g/mol. The maximum Gasteiger partial charge on any atom is 0.227 e. The molecule has 4 rings (SSSR count). The van der Waals surface area contributed by atoms with Gasteiger partial charge in [0.05, 0.1) is 13.2 Å². The van der Waals surface area contributed by atoms with Crippen LogP contribution >= 0.6 is 0 Å². The van der Waals surface area contributed by atoms with E-state index in [1.54, 1.807) is 6.07 Å². The molecule has 138 valence electrons. The van der Waals surface area contributed by atoms with E-state index in [1.165, 1.54) is 17.4 Å². The Morgan fingerprint density at radius 3 is 2.50 bits per heavy atom. The largest absolute Gasteiger partial charge is 0.486 e. The van der Waals surface area contributed by atoms with Crippen LogP contribution in [0.25, 0.3) is 0 Å². The van der Waals surface area contributed by atoms with E-state index in [0.717, 1.165) is 39.0 Å². The van der Waals surface area contributed by atoms with Crippen LogP contribution in [0.15, 0.2) is 45.8 Å². The molecule has 1 fully saturated rings. The molecule has 26 heavy (non-hydrogen) atoms. The zero-order chi connectivity index (χ0) is 17.9. The molecule has 1 aromatic heterocycles. The first kappa shape index (κ1) is 17.3. The molecule has 1 aromatic carbocycles. The van der Waals surface area contributed by atoms with Crippen molar-refractivity contribution in [3.05, 3.63) is 63.7 Å². The van der Waals surface area contributed by atoms with Crippen LogP contribution in [-0.2, 0) is 19.6 Å². The van der Waals surface area contributed by atoms with Crippen molar-refractivity contribution in [2.75, 3.05) is 26.7 Å². The summed E-state index contributed by atoms with van der Waals surface area (Å²) in [7, 11) is 2.14. The molecule has 2 aliphatic heterocycles. The molecule has 2 aromatic rings. The molecule has 0 atom stereocenters. The second-order valence-corrected chi connectivity index (χ2v) is 7.55. The highest BCUT2D eigenvalue weighted by Crippen LogP contribution is 2.24. The van der Waals surface area contributed by atoms with Gasteiger partial charge in [0.25, 0.3) is 0 Å². The number of fused-ring (bicyclic) bond motifs is 1. The minimum Gasteiger partial charge on any atom is -0.486 e. The molecule has 0 spiro atoms. The lowest BCUT2D eigenvalue weighted by Crippen LogP contribution is -2.32. The Labute approximate surface area is 154 Å². The Morgan fingerprint density at radius 2 is 1.85 bits per heavy atom. The summed E-state index contributed by atoms with van der Waals surface area (Å²) in [5, 5.41) is 0. The fourth-order valence-corrected chi connectivity index (χ4v) is 3.80. The number of hydrogen-bond donors (Lipinski definition) is 0. The average Bonchev–Trinajstić information content (AvgIpc) is 3.04. The first-order valence-corrected chi connectivity index (χ1v) is 9.39. The van der Waals surface area contributed by atoms with Crippen LogP contribution in [0, 0.1) is 5.92 Å². The standard InChI is InChI=1S/C21H26N2O3/c1-22-8-6-16(7-9-22)14-26-21-15-25-19(10-20(21)24)13-23-11-17-4-2-3-5-18(17)12-23/h2-5,10,15-16H,6-9,11-14H2,1H3.